The smallest absolute Gasteiger partial charge is 0.327 e. The molecular formula is C31H34F3N7O4. The van der Waals surface area contributed by atoms with Crippen LogP contribution in [0.1, 0.15) is 49.6 Å². The van der Waals surface area contributed by atoms with Gasteiger partial charge in [0.1, 0.15) is 0 Å². The second-order valence-electron chi connectivity index (χ2n) is 11.6. The highest BCUT2D eigenvalue weighted by Gasteiger charge is 2.51. The number of fused-ring (bicyclic) bond motifs is 4. The van der Waals surface area contributed by atoms with Crippen molar-refractivity contribution < 1.29 is 22.8 Å². The molecule has 2 aliphatic heterocycles. The predicted molar refractivity (Wildman–Crippen MR) is 161 cm³/mol. The van der Waals surface area contributed by atoms with E-state index in [1.54, 1.807) is 11.8 Å². The Morgan fingerprint density at radius 2 is 1.87 bits per heavy atom. The van der Waals surface area contributed by atoms with E-state index < -0.39 is 29.7 Å². The van der Waals surface area contributed by atoms with Gasteiger partial charge >= 0.3 is 17.8 Å². The second-order valence-corrected chi connectivity index (χ2v) is 11.6. The van der Waals surface area contributed by atoms with Crippen molar-refractivity contribution in [3.05, 3.63) is 62.1 Å². The second kappa shape index (κ2) is 11.9. The first-order valence-electron chi connectivity index (χ1n) is 15.0. The van der Waals surface area contributed by atoms with Crippen molar-refractivity contribution in [3.63, 3.8) is 0 Å². The highest BCUT2D eigenvalue weighted by atomic mass is 19.4. The van der Waals surface area contributed by atoms with E-state index in [1.165, 1.54) is 17.5 Å². The van der Waals surface area contributed by atoms with Gasteiger partial charge in [-0.2, -0.15) is 13.2 Å². The van der Waals surface area contributed by atoms with E-state index in [0.717, 1.165) is 51.3 Å². The molecule has 4 heterocycles. The SMILES string of the molecule is CC#CCN1c2c(n(C)c(=O)n(Cc3nc4c(c5ccccc35)CCCC4)c2=O)N(OC(=O)C(F)(F)F)C1N1CCCC(N)C1. The van der Waals surface area contributed by atoms with Gasteiger partial charge in [-0.3, -0.25) is 23.8 Å². The van der Waals surface area contributed by atoms with Gasteiger partial charge in [0.2, 0.25) is 0 Å². The molecule has 0 radical (unpaired) electrons. The molecular weight excluding hydrogens is 591 g/mol. The standard InChI is InChI=1S/C31H34F3N7O4/c1-3-4-16-39-25-26(41(45-28(43)31(32,33)34)29(39)38-15-9-10-19(35)17-38)37(2)30(44)40(27(25)42)18-24-22-13-6-5-11-20(22)21-12-7-8-14-23(21)36-24/h5-6,11,13,19,29H,7-10,12,14-18,35H2,1-2H3. The van der Waals surface area contributed by atoms with Crippen molar-refractivity contribution in [1.82, 2.24) is 19.0 Å². The molecule has 0 amide bonds. The summed E-state index contributed by atoms with van der Waals surface area (Å²) >= 11 is 0. The third kappa shape index (κ3) is 5.44. The van der Waals surface area contributed by atoms with E-state index in [9.17, 15) is 27.6 Å². The van der Waals surface area contributed by atoms with Crippen LogP contribution in [-0.4, -0.2) is 63.1 Å². The average Bonchev–Trinajstić information content (AvgIpc) is 3.34. The molecule has 3 aromatic rings. The predicted octanol–water partition coefficient (Wildman–Crippen LogP) is 2.40. The molecule has 0 saturated carbocycles. The fourth-order valence-electron chi connectivity index (χ4n) is 6.68. The topological polar surface area (TPSA) is 119 Å². The molecule has 2 aromatic heterocycles. The van der Waals surface area contributed by atoms with Gasteiger partial charge in [-0.25, -0.2) is 9.59 Å². The summed E-state index contributed by atoms with van der Waals surface area (Å²) in [5.41, 5.74) is 7.21. The molecule has 11 nitrogen and oxygen atoms in total. The van der Waals surface area contributed by atoms with Crippen LogP contribution in [0.4, 0.5) is 24.7 Å². The summed E-state index contributed by atoms with van der Waals surface area (Å²) in [5.74, 6) is 2.89. The van der Waals surface area contributed by atoms with Gasteiger partial charge in [0, 0.05) is 37.3 Å². The molecule has 238 valence electrons. The number of piperidine rings is 1. The molecule has 1 aliphatic carbocycles. The number of carbonyl (C=O) groups is 1. The molecule has 1 aromatic carbocycles. The average molecular weight is 626 g/mol. The first kappa shape index (κ1) is 30.7. The summed E-state index contributed by atoms with van der Waals surface area (Å²) < 4.78 is 42.6. The van der Waals surface area contributed by atoms with Crippen LogP contribution in [-0.2, 0) is 36.1 Å². The van der Waals surface area contributed by atoms with Crippen LogP contribution in [0.15, 0.2) is 33.9 Å². The number of hydrogen-bond acceptors (Lipinski definition) is 9. The van der Waals surface area contributed by atoms with Gasteiger partial charge in [-0.1, -0.05) is 30.2 Å². The van der Waals surface area contributed by atoms with E-state index in [1.807, 2.05) is 24.3 Å². The maximum Gasteiger partial charge on any atom is 0.493 e. The summed E-state index contributed by atoms with van der Waals surface area (Å²) in [4.78, 5) is 53.6. The summed E-state index contributed by atoms with van der Waals surface area (Å²) in [6.07, 6.45) is -1.49. The number of likely N-dealkylation sites (tertiary alicyclic amines) is 1. The van der Waals surface area contributed by atoms with Gasteiger partial charge in [0.15, 0.2) is 17.8 Å². The van der Waals surface area contributed by atoms with Gasteiger partial charge in [-0.05, 0) is 56.4 Å². The third-order valence-electron chi connectivity index (χ3n) is 8.71. The minimum Gasteiger partial charge on any atom is -0.327 e. The van der Waals surface area contributed by atoms with E-state index in [0.29, 0.717) is 30.1 Å². The van der Waals surface area contributed by atoms with Gasteiger partial charge in [0.05, 0.1) is 18.8 Å². The van der Waals surface area contributed by atoms with Crippen molar-refractivity contribution in [3.8, 4) is 11.8 Å². The molecule has 2 atom stereocenters. The largest absolute Gasteiger partial charge is 0.493 e. The Hall–Kier alpha value is -4.35. The van der Waals surface area contributed by atoms with Crippen LogP contribution >= 0.6 is 0 Å². The molecule has 2 N–H and O–H groups in total. The Bertz CT molecular complexity index is 1840. The molecule has 45 heavy (non-hydrogen) atoms. The Balaban J connectivity index is 1.53. The van der Waals surface area contributed by atoms with E-state index in [-0.39, 0.29) is 37.2 Å². The monoisotopic (exact) mass is 625 g/mol. The quantitative estimate of drug-likeness (QED) is 0.427. The number of alkyl halides is 3. The minimum absolute atomic E-state index is 0.0898. The number of aryl methyl sites for hydroxylation is 2. The van der Waals surface area contributed by atoms with Crippen LogP contribution in [0, 0.1) is 11.8 Å². The lowest BCUT2D eigenvalue weighted by atomic mass is 9.91. The number of halogens is 3. The lowest BCUT2D eigenvalue weighted by molar-refractivity contribution is -0.203. The zero-order valence-electron chi connectivity index (χ0n) is 25.1. The van der Waals surface area contributed by atoms with Crippen LogP contribution < -0.4 is 26.9 Å². The van der Waals surface area contributed by atoms with Crippen molar-refractivity contribution in [2.75, 3.05) is 29.6 Å². The fraction of sp³-hybridized carbons (Fsp3) is 0.484. The highest BCUT2D eigenvalue weighted by molar-refractivity contribution is 5.88. The van der Waals surface area contributed by atoms with Crippen molar-refractivity contribution in [1.29, 1.82) is 0 Å². The molecule has 0 spiro atoms. The number of nitrogens with zero attached hydrogens (tertiary/aromatic N) is 6. The van der Waals surface area contributed by atoms with Gasteiger partial charge < -0.3 is 15.5 Å². The normalized spacial score (nSPS) is 20.0. The summed E-state index contributed by atoms with van der Waals surface area (Å²) in [6.45, 7) is 1.99. The van der Waals surface area contributed by atoms with Crippen LogP contribution in [0.5, 0.6) is 0 Å². The Morgan fingerprint density at radius 1 is 1.13 bits per heavy atom. The van der Waals surface area contributed by atoms with Gasteiger partial charge in [-0.15, -0.1) is 11.0 Å². The number of rotatable bonds is 5. The number of hydroxylamine groups is 1. The number of aromatic nitrogens is 3. The van der Waals surface area contributed by atoms with Crippen molar-refractivity contribution >= 4 is 28.2 Å². The van der Waals surface area contributed by atoms with Crippen molar-refractivity contribution in [2.45, 2.75) is 70.5 Å². The number of anilines is 2. The molecule has 3 aliphatic rings. The molecule has 0 bridgehead atoms. The van der Waals surface area contributed by atoms with Crippen LogP contribution in [0.25, 0.3) is 10.8 Å². The first-order valence-corrected chi connectivity index (χ1v) is 15.0. The summed E-state index contributed by atoms with van der Waals surface area (Å²) in [5, 5.41) is 2.55. The maximum atomic E-state index is 14.4. The molecule has 14 heteroatoms. The van der Waals surface area contributed by atoms with Crippen LogP contribution in [0.2, 0.25) is 0 Å². The van der Waals surface area contributed by atoms with E-state index >= 15 is 0 Å². The number of pyridine rings is 1. The summed E-state index contributed by atoms with van der Waals surface area (Å²) in [7, 11) is 1.33. The van der Waals surface area contributed by atoms with Crippen molar-refractivity contribution in [2.24, 2.45) is 12.8 Å². The molecule has 2 unspecified atom stereocenters. The Kier molecular flexibility index (Phi) is 8.09. The fourth-order valence-corrected chi connectivity index (χ4v) is 6.68. The lowest BCUT2D eigenvalue weighted by Crippen LogP contribution is -2.60. The number of benzene rings is 1. The number of carbonyl (C=O) groups excluding carboxylic acids is 1. The van der Waals surface area contributed by atoms with Crippen LogP contribution in [0.3, 0.4) is 0 Å². The lowest BCUT2D eigenvalue weighted by Gasteiger charge is -2.41. The minimum atomic E-state index is -5.33. The highest BCUT2D eigenvalue weighted by Crippen LogP contribution is 2.39. The summed E-state index contributed by atoms with van der Waals surface area (Å²) in [6, 6.07) is 7.44. The number of nitrogens with two attached hydrogens (primary N) is 1. The molecule has 1 fully saturated rings. The number of hydrogen-bond donors (Lipinski definition) is 1. The van der Waals surface area contributed by atoms with E-state index in [2.05, 4.69) is 11.8 Å². The zero-order chi connectivity index (χ0) is 32.0. The first-order chi connectivity index (χ1) is 21.5. The van der Waals surface area contributed by atoms with Gasteiger partial charge in [0.25, 0.3) is 5.56 Å². The zero-order valence-corrected chi connectivity index (χ0v) is 25.1. The molecule has 1 saturated heterocycles. The maximum absolute atomic E-state index is 14.4. The Labute approximate surface area is 256 Å². The van der Waals surface area contributed by atoms with E-state index in [4.69, 9.17) is 15.6 Å². The molecule has 6 rings (SSSR count). The Morgan fingerprint density at radius 3 is 2.58 bits per heavy atom. The third-order valence-corrected chi connectivity index (χ3v) is 8.71.